The molecule has 0 bridgehead atoms. The predicted octanol–water partition coefficient (Wildman–Crippen LogP) is 1.65. The molecule has 1 rings (SSSR count). The fourth-order valence-corrected chi connectivity index (χ4v) is 3.17. The quantitative estimate of drug-likeness (QED) is 0.836. The highest BCUT2D eigenvalue weighted by atomic mass is 32.2. The minimum Gasteiger partial charge on any atom is -0.480 e. The molecule has 0 heterocycles. The van der Waals surface area contributed by atoms with Crippen LogP contribution in [0, 0.1) is 5.41 Å². The summed E-state index contributed by atoms with van der Waals surface area (Å²) in [5.41, 5.74) is 0.214. The van der Waals surface area contributed by atoms with E-state index in [1.807, 2.05) is 30.3 Å². The van der Waals surface area contributed by atoms with Crippen LogP contribution in [0.3, 0.4) is 0 Å². The van der Waals surface area contributed by atoms with Gasteiger partial charge in [0.05, 0.1) is 5.75 Å². The van der Waals surface area contributed by atoms with E-state index < -0.39 is 27.4 Å². The zero-order valence-electron chi connectivity index (χ0n) is 12.0. The Bertz CT molecular complexity index is 546. The third-order valence-corrected chi connectivity index (χ3v) is 4.25. The van der Waals surface area contributed by atoms with E-state index in [9.17, 15) is 13.2 Å². The molecule has 112 valence electrons. The third-order valence-electron chi connectivity index (χ3n) is 2.91. The van der Waals surface area contributed by atoms with Crippen molar-refractivity contribution < 1.29 is 18.3 Å². The van der Waals surface area contributed by atoms with Crippen LogP contribution in [-0.4, -0.2) is 31.3 Å². The van der Waals surface area contributed by atoms with E-state index in [4.69, 9.17) is 5.11 Å². The molecule has 0 aliphatic heterocycles. The van der Waals surface area contributed by atoms with Crippen molar-refractivity contribution in [2.75, 3.05) is 5.75 Å². The molecule has 2 N–H and O–H groups in total. The number of aryl methyl sites for hydroxylation is 1. The number of carboxylic acid groups (broad SMARTS) is 1. The highest BCUT2D eigenvalue weighted by Crippen LogP contribution is 2.20. The summed E-state index contributed by atoms with van der Waals surface area (Å²) in [6.07, 6.45) is 0.354. The molecule has 20 heavy (non-hydrogen) atoms. The molecule has 1 atom stereocenters. The van der Waals surface area contributed by atoms with Gasteiger partial charge in [-0.3, -0.25) is 4.79 Å². The maximum Gasteiger partial charge on any atom is 0.322 e. The van der Waals surface area contributed by atoms with Gasteiger partial charge in [-0.1, -0.05) is 51.1 Å². The van der Waals surface area contributed by atoms with E-state index in [1.54, 1.807) is 20.8 Å². The van der Waals surface area contributed by atoms with Crippen molar-refractivity contribution in [3.63, 3.8) is 0 Å². The van der Waals surface area contributed by atoms with Crippen molar-refractivity contribution in [1.82, 2.24) is 4.72 Å². The monoisotopic (exact) mass is 299 g/mol. The Kier molecular flexibility index (Phi) is 5.30. The number of nitrogens with one attached hydrogen (secondary N) is 1. The molecule has 0 saturated heterocycles. The summed E-state index contributed by atoms with van der Waals surface area (Å²) in [4.78, 5) is 11.2. The van der Waals surface area contributed by atoms with Crippen LogP contribution in [-0.2, 0) is 21.2 Å². The minimum atomic E-state index is -3.64. The van der Waals surface area contributed by atoms with E-state index >= 15 is 0 Å². The van der Waals surface area contributed by atoms with Gasteiger partial charge < -0.3 is 5.11 Å². The predicted molar refractivity (Wildman–Crippen MR) is 77.9 cm³/mol. The molecule has 0 amide bonds. The second kappa shape index (κ2) is 6.37. The van der Waals surface area contributed by atoms with Crippen LogP contribution in [0.25, 0.3) is 0 Å². The molecular weight excluding hydrogens is 278 g/mol. The van der Waals surface area contributed by atoms with Crippen LogP contribution < -0.4 is 4.72 Å². The van der Waals surface area contributed by atoms with Crippen LogP contribution in [0.15, 0.2) is 30.3 Å². The summed E-state index contributed by atoms with van der Waals surface area (Å²) in [6.45, 7) is 5.06. The summed E-state index contributed by atoms with van der Waals surface area (Å²) in [6, 6.07) is 8.08. The SMILES string of the molecule is CC(C)(C)[C@@H](NS(=O)(=O)CCc1ccccc1)C(=O)O. The average molecular weight is 299 g/mol. The van der Waals surface area contributed by atoms with Crippen molar-refractivity contribution in [1.29, 1.82) is 0 Å². The first-order valence-electron chi connectivity index (χ1n) is 6.38. The maximum atomic E-state index is 12.0. The van der Waals surface area contributed by atoms with Crippen molar-refractivity contribution in [3.8, 4) is 0 Å². The number of aliphatic carboxylic acids is 1. The van der Waals surface area contributed by atoms with E-state index in [2.05, 4.69) is 4.72 Å². The lowest BCUT2D eigenvalue weighted by molar-refractivity contribution is -0.141. The summed E-state index contributed by atoms with van der Waals surface area (Å²) in [7, 11) is -3.64. The van der Waals surface area contributed by atoms with Gasteiger partial charge in [0, 0.05) is 0 Å². The first kappa shape index (κ1) is 16.7. The molecule has 5 nitrogen and oxygen atoms in total. The third kappa shape index (κ3) is 5.30. The molecule has 0 saturated carbocycles. The Hall–Kier alpha value is -1.40. The lowest BCUT2D eigenvalue weighted by Crippen LogP contribution is -2.49. The van der Waals surface area contributed by atoms with Gasteiger partial charge in [-0.25, -0.2) is 13.1 Å². The highest BCUT2D eigenvalue weighted by molar-refractivity contribution is 7.89. The fraction of sp³-hybridized carbons (Fsp3) is 0.500. The van der Waals surface area contributed by atoms with Crippen LogP contribution in [0.5, 0.6) is 0 Å². The standard InChI is InChI=1S/C14H21NO4S/c1-14(2,3)12(13(16)17)15-20(18,19)10-9-11-7-5-4-6-8-11/h4-8,12,15H,9-10H2,1-3H3,(H,16,17)/t12-/m0/s1. The average Bonchev–Trinajstić information content (AvgIpc) is 2.33. The number of sulfonamides is 1. The van der Waals surface area contributed by atoms with Crippen LogP contribution >= 0.6 is 0 Å². The van der Waals surface area contributed by atoms with E-state index in [0.717, 1.165) is 5.56 Å². The van der Waals surface area contributed by atoms with Crippen LogP contribution in [0.1, 0.15) is 26.3 Å². The molecule has 0 unspecified atom stereocenters. The van der Waals surface area contributed by atoms with Crippen molar-refractivity contribution in [2.24, 2.45) is 5.41 Å². The van der Waals surface area contributed by atoms with Crippen molar-refractivity contribution >= 4 is 16.0 Å². The van der Waals surface area contributed by atoms with Gasteiger partial charge in [-0.2, -0.15) is 0 Å². The van der Waals surface area contributed by atoms with Gasteiger partial charge in [0.25, 0.3) is 0 Å². The first-order valence-corrected chi connectivity index (χ1v) is 8.04. The smallest absolute Gasteiger partial charge is 0.322 e. The molecule has 6 heteroatoms. The van der Waals surface area contributed by atoms with Gasteiger partial charge >= 0.3 is 5.97 Å². The number of benzene rings is 1. The molecule has 0 aliphatic carbocycles. The van der Waals surface area contributed by atoms with Gasteiger partial charge in [-0.05, 0) is 17.4 Å². The Morgan fingerprint density at radius 1 is 1.25 bits per heavy atom. The van der Waals surface area contributed by atoms with E-state index in [-0.39, 0.29) is 5.75 Å². The molecule has 1 aromatic rings. The zero-order valence-corrected chi connectivity index (χ0v) is 12.8. The summed E-state index contributed by atoms with van der Waals surface area (Å²) in [5.74, 6) is -1.29. The van der Waals surface area contributed by atoms with E-state index in [0.29, 0.717) is 6.42 Å². The molecule has 1 aromatic carbocycles. The van der Waals surface area contributed by atoms with Gasteiger partial charge in [0.2, 0.25) is 10.0 Å². The largest absolute Gasteiger partial charge is 0.480 e. The minimum absolute atomic E-state index is 0.128. The van der Waals surface area contributed by atoms with Gasteiger partial charge in [-0.15, -0.1) is 0 Å². The molecule has 0 aromatic heterocycles. The summed E-state index contributed by atoms with van der Waals surface area (Å²) in [5, 5.41) is 9.13. The van der Waals surface area contributed by atoms with Crippen molar-refractivity contribution in [2.45, 2.75) is 33.2 Å². The van der Waals surface area contributed by atoms with Crippen molar-refractivity contribution in [3.05, 3.63) is 35.9 Å². The van der Waals surface area contributed by atoms with Crippen LogP contribution in [0.2, 0.25) is 0 Å². The molecule has 0 radical (unpaired) electrons. The molecule has 0 spiro atoms. The number of carboxylic acids is 1. The Balaban J connectivity index is 2.72. The summed E-state index contributed by atoms with van der Waals surface area (Å²) < 4.78 is 26.3. The Labute approximate surface area is 120 Å². The molecular formula is C14H21NO4S. The lowest BCUT2D eigenvalue weighted by Gasteiger charge is -2.27. The number of hydrogen-bond acceptors (Lipinski definition) is 3. The second-order valence-corrected chi connectivity index (χ2v) is 7.68. The van der Waals surface area contributed by atoms with E-state index in [1.165, 1.54) is 0 Å². The molecule has 0 fully saturated rings. The fourth-order valence-electron chi connectivity index (χ4n) is 1.73. The molecule has 0 aliphatic rings. The van der Waals surface area contributed by atoms with Crippen LogP contribution in [0.4, 0.5) is 0 Å². The Morgan fingerprint density at radius 3 is 2.25 bits per heavy atom. The number of rotatable bonds is 6. The number of carbonyl (C=O) groups is 1. The van der Waals surface area contributed by atoms with Gasteiger partial charge in [0.15, 0.2) is 0 Å². The zero-order chi connectivity index (χ0) is 15.4. The number of hydrogen-bond donors (Lipinski definition) is 2. The topological polar surface area (TPSA) is 83.5 Å². The summed E-state index contributed by atoms with van der Waals surface area (Å²) >= 11 is 0. The Morgan fingerprint density at radius 2 is 1.80 bits per heavy atom. The lowest BCUT2D eigenvalue weighted by atomic mass is 9.88. The van der Waals surface area contributed by atoms with Gasteiger partial charge in [0.1, 0.15) is 6.04 Å². The second-order valence-electron chi connectivity index (χ2n) is 5.81. The normalized spacial score (nSPS) is 13.9. The maximum absolute atomic E-state index is 12.0. The first-order chi connectivity index (χ1) is 9.12. The highest BCUT2D eigenvalue weighted by Gasteiger charge is 2.34.